The van der Waals surface area contributed by atoms with Gasteiger partial charge in [0.1, 0.15) is 0 Å². The second-order valence-electron chi connectivity index (χ2n) is 11.5. The molecule has 3 fully saturated rings. The fraction of sp³-hybridized carbons (Fsp3) is 0.464. The van der Waals surface area contributed by atoms with Crippen LogP contribution in [0.15, 0.2) is 41.6 Å². The van der Waals surface area contributed by atoms with Crippen LogP contribution < -0.4 is 5.73 Å². The summed E-state index contributed by atoms with van der Waals surface area (Å²) < 4.78 is 84.0. The van der Waals surface area contributed by atoms with E-state index in [-0.39, 0.29) is 29.2 Å². The summed E-state index contributed by atoms with van der Waals surface area (Å²) in [6.45, 7) is 0.620. The highest BCUT2D eigenvalue weighted by Crippen LogP contribution is 2.63. The Morgan fingerprint density at radius 1 is 0.976 bits per heavy atom. The number of hydrogen-bond donors (Lipinski definition) is 1. The van der Waals surface area contributed by atoms with Crippen molar-refractivity contribution < 1.29 is 40.8 Å². The zero-order valence-electron chi connectivity index (χ0n) is 21.7. The number of alkyl halides is 6. The van der Waals surface area contributed by atoms with Gasteiger partial charge in [-0.3, -0.25) is 9.59 Å². The Balaban J connectivity index is 1.30. The van der Waals surface area contributed by atoms with Crippen molar-refractivity contribution in [2.24, 2.45) is 22.2 Å². The second kappa shape index (κ2) is 9.25. The topological polar surface area (TPSA) is 85.0 Å². The normalized spacial score (nSPS) is 24.5. The van der Waals surface area contributed by atoms with Gasteiger partial charge in [0, 0.05) is 36.4 Å². The van der Waals surface area contributed by atoms with Crippen LogP contribution in [0.25, 0.3) is 0 Å². The molecule has 2 aliphatic heterocycles. The molecule has 0 aromatic heterocycles. The Morgan fingerprint density at radius 2 is 1.60 bits per heavy atom. The Morgan fingerprint density at radius 3 is 2.10 bits per heavy atom. The molecule has 2 saturated carbocycles. The zero-order valence-corrected chi connectivity index (χ0v) is 23.2. The van der Waals surface area contributed by atoms with Gasteiger partial charge in [-0.05, 0) is 48.9 Å². The molecule has 6 nitrogen and oxygen atoms in total. The summed E-state index contributed by atoms with van der Waals surface area (Å²) in [6.07, 6.45) is -8.37. The number of likely N-dealkylation sites (tertiary alicyclic amines) is 1. The number of amides is 2. The van der Waals surface area contributed by atoms with E-state index in [1.54, 1.807) is 17.0 Å². The molecule has 224 valence electrons. The number of halogens is 8. The van der Waals surface area contributed by atoms with Crippen molar-refractivity contribution in [3.05, 3.63) is 68.7 Å². The molecule has 1 atom stereocenters. The first kappa shape index (κ1) is 29.1. The summed E-state index contributed by atoms with van der Waals surface area (Å²) in [4.78, 5) is 31.8. The van der Waals surface area contributed by atoms with Crippen LogP contribution in [-0.4, -0.2) is 41.7 Å². The van der Waals surface area contributed by atoms with Crippen molar-refractivity contribution in [2.75, 3.05) is 13.1 Å². The van der Waals surface area contributed by atoms with Crippen LogP contribution in [0.3, 0.4) is 0 Å². The standard InChI is InChI=1S/C28H23Cl2F6N3O3/c29-19-10-17(9-18(21(19)30)27(31,32)33)26(28(34,35)36)11-20(38-42-26)14-3-5-16(6-4-14)25(24(7-8-24)23(37)41)12-39(13-25)22(40)15-1-2-15/h3-6,9-10,15H,1-2,7-8,11-13H2,(H2,37,41). The smallest absolute Gasteiger partial charge is 0.374 e. The molecular weight excluding hydrogens is 611 g/mol. The fourth-order valence-corrected chi connectivity index (χ4v) is 6.70. The van der Waals surface area contributed by atoms with Crippen molar-refractivity contribution in [3.8, 4) is 0 Å². The van der Waals surface area contributed by atoms with Gasteiger partial charge in [0.05, 0.1) is 26.7 Å². The third-order valence-corrected chi connectivity index (χ3v) is 9.86. The first-order chi connectivity index (χ1) is 19.5. The summed E-state index contributed by atoms with van der Waals surface area (Å²) in [7, 11) is 0. The average molecular weight is 634 g/mol. The Bertz CT molecular complexity index is 1510. The molecule has 2 aromatic rings. The monoisotopic (exact) mass is 633 g/mol. The summed E-state index contributed by atoms with van der Waals surface area (Å²) in [5.41, 5.74) is -0.598. The van der Waals surface area contributed by atoms with E-state index in [1.807, 2.05) is 0 Å². The van der Waals surface area contributed by atoms with Gasteiger partial charge < -0.3 is 15.5 Å². The minimum absolute atomic E-state index is 0.00566. The number of carbonyl (C=O) groups excluding carboxylic acids is 2. The van der Waals surface area contributed by atoms with E-state index in [2.05, 4.69) is 5.16 Å². The van der Waals surface area contributed by atoms with Crippen LogP contribution in [0.5, 0.6) is 0 Å². The van der Waals surface area contributed by atoms with E-state index in [9.17, 15) is 35.9 Å². The summed E-state index contributed by atoms with van der Waals surface area (Å²) in [5, 5.41) is 2.00. The molecule has 4 aliphatic rings. The SMILES string of the molecule is NC(=O)C1(C2(c3ccc(C4=NOC(c5cc(Cl)c(Cl)c(C(F)(F)F)c5)(C(F)(F)F)C4)cc3)CN(C(=O)C3CC3)C2)CC1. The highest BCUT2D eigenvalue weighted by Gasteiger charge is 2.69. The Labute approximate surface area is 245 Å². The van der Waals surface area contributed by atoms with Crippen molar-refractivity contribution >= 4 is 40.7 Å². The number of nitrogens with zero attached hydrogens (tertiary/aromatic N) is 2. The maximum absolute atomic E-state index is 14.5. The highest BCUT2D eigenvalue weighted by atomic mass is 35.5. The first-order valence-electron chi connectivity index (χ1n) is 13.1. The first-order valence-corrected chi connectivity index (χ1v) is 13.9. The van der Waals surface area contributed by atoms with Crippen molar-refractivity contribution in [1.82, 2.24) is 4.90 Å². The molecule has 42 heavy (non-hydrogen) atoms. The molecule has 2 aliphatic carbocycles. The van der Waals surface area contributed by atoms with Gasteiger partial charge in [-0.15, -0.1) is 0 Å². The molecule has 2 amide bonds. The van der Waals surface area contributed by atoms with E-state index < -0.39 is 62.3 Å². The van der Waals surface area contributed by atoms with Crippen LogP contribution in [-0.2, 0) is 31.6 Å². The molecule has 2 heterocycles. The van der Waals surface area contributed by atoms with Crippen molar-refractivity contribution in [3.63, 3.8) is 0 Å². The lowest BCUT2D eigenvalue weighted by molar-refractivity contribution is -0.276. The Hall–Kier alpha value is -2.99. The van der Waals surface area contributed by atoms with Gasteiger partial charge in [0.2, 0.25) is 11.8 Å². The van der Waals surface area contributed by atoms with Gasteiger partial charge >= 0.3 is 12.4 Å². The summed E-state index contributed by atoms with van der Waals surface area (Å²) in [5.74, 6) is -0.418. The molecular formula is C28H23Cl2F6N3O3. The van der Waals surface area contributed by atoms with E-state index in [1.165, 1.54) is 12.1 Å². The van der Waals surface area contributed by atoms with Gasteiger partial charge in [0.25, 0.3) is 5.60 Å². The fourth-order valence-electron chi connectivity index (χ4n) is 6.27. The maximum Gasteiger partial charge on any atom is 0.435 e. The summed E-state index contributed by atoms with van der Waals surface area (Å²) in [6, 6.07) is 7.33. The predicted molar refractivity (Wildman–Crippen MR) is 140 cm³/mol. The molecule has 14 heteroatoms. The van der Waals surface area contributed by atoms with Crippen LogP contribution >= 0.6 is 23.2 Å². The number of hydrogen-bond acceptors (Lipinski definition) is 4. The third kappa shape index (κ3) is 4.27. The molecule has 6 rings (SSSR count). The third-order valence-electron chi connectivity index (χ3n) is 9.05. The van der Waals surface area contributed by atoms with E-state index in [0.717, 1.165) is 12.8 Å². The lowest BCUT2D eigenvalue weighted by Crippen LogP contribution is -2.67. The lowest BCUT2D eigenvalue weighted by Gasteiger charge is -2.54. The number of primary amides is 1. The molecule has 1 saturated heterocycles. The predicted octanol–water partition coefficient (Wildman–Crippen LogP) is 6.35. The lowest BCUT2D eigenvalue weighted by atomic mass is 9.62. The van der Waals surface area contributed by atoms with Crippen LogP contribution in [0.2, 0.25) is 10.0 Å². The van der Waals surface area contributed by atoms with Gasteiger partial charge in [-0.2, -0.15) is 26.3 Å². The van der Waals surface area contributed by atoms with Gasteiger partial charge in [-0.1, -0.05) is 52.6 Å². The quantitative estimate of drug-likeness (QED) is 0.376. The molecule has 2 aromatic carbocycles. The minimum Gasteiger partial charge on any atom is -0.374 e. The second-order valence-corrected chi connectivity index (χ2v) is 12.3. The van der Waals surface area contributed by atoms with Crippen LogP contribution in [0.4, 0.5) is 26.3 Å². The van der Waals surface area contributed by atoms with Gasteiger partial charge in [0.15, 0.2) is 0 Å². The van der Waals surface area contributed by atoms with E-state index >= 15 is 0 Å². The van der Waals surface area contributed by atoms with Gasteiger partial charge in [-0.25, -0.2) is 0 Å². The zero-order chi connectivity index (χ0) is 30.5. The van der Waals surface area contributed by atoms with Crippen molar-refractivity contribution in [2.45, 2.75) is 55.5 Å². The van der Waals surface area contributed by atoms with Crippen LogP contribution in [0.1, 0.15) is 54.4 Å². The number of nitrogens with two attached hydrogens (primary N) is 1. The van der Waals surface area contributed by atoms with Crippen LogP contribution in [0, 0.1) is 11.3 Å². The number of oxime groups is 1. The number of rotatable bonds is 6. The molecule has 0 radical (unpaired) electrons. The summed E-state index contributed by atoms with van der Waals surface area (Å²) >= 11 is 11.5. The minimum atomic E-state index is -5.17. The molecule has 1 unspecified atom stereocenters. The highest BCUT2D eigenvalue weighted by molar-refractivity contribution is 6.42. The van der Waals surface area contributed by atoms with E-state index in [4.69, 9.17) is 33.8 Å². The van der Waals surface area contributed by atoms with E-state index in [0.29, 0.717) is 37.6 Å². The Kier molecular flexibility index (Phi) is 6.41. The molecule has 0 spiro atoms. The molecule has 0 bridgehead atoms. The maximum atomic E-state index is 14.5. The molecule has 2 N–H and O–H groups in total. The number of carbonyl (C=O) groups is 2. The average Bonchev–Trinajstić information content (AvgIpc) is 3.81. The van der Waals surface area contributed by atoms with Crippen molar-refractivity contribution in [1.29, 1.82) is 0 Å². The largest absolute Gasteiger partial charge is 0.435 e. The number of benzene rings is 2.